The van der Waals surface area contributed by atoms with Gasteiger partial charge < -0.3 is 9.52 Å². The zero-order valence-electron chi connectivity index (χ0n) is 11.7. The molecule has 2 rings (SSSR count). The average molecular weight is 310 g/mol. The van der Waals surface area contributed by atoms with Gasteiger partial charge in [-0.15, -0.1) is 0 Å². The van der Waals surface area contributed by atoms with Crippen LogP contribution in [0.15, 0.2) is 33.7 Å². The summed E-state index contributed by atoms with van der Waals surface area (Å²) in [5.74, 6) is -1.08. The number of aryl methyl sites for hydroxylation is 2. The Morgan fingerprint density at radius 2 is 1.95 bits per heavy atom. The van der Waals surface area contributed by atoms with Crippen LogP contribution in [0.3, 0.4) is 0 Å². The third-order valence-electron chi connectivity index (χ3n) is 3.01. The molecule has 0 aliphatic carbocycles. The Kier molecular flexibility index (Phi) is 3.73. The molecule has 0 aliphatic heterocycles. The average Bonchev–Trinajstić information content (AvgIpc) is 2.74. The van der Waals surface area contributed by atoms with Crippen LogP contribution in [-0.2, 0) is 10.0 Å². The van der Waals surface area contributed by atoms with E-state index in [0.29, 0.717) is 0 Å². The highest BCUT2D eigenvalue weighted by molar-refractivity contribution is 7.93. The topological polar surface area (TPSA) is 101 Å². The van der Waals surface area contributed by atoms with Gasteiger partial charge in [-0.25, -0.2) is 18.2 Å². The second kappa shape index (κ2) is 5.21. The second-order valence-electron chi connectivity index (χ2n) is 4.38. The van der Waals surface area contributed by atoms with Crippen molar-refractivity contribution in [2.45, 2.75) is 18.7 Å². The summed E-state index contributed by atoms with van der Waals surface area (Å²) in [5.41, 5.74) is -0.352. The third kappa shape index (κ3) is 2.49. The van der Waals surface area contributed by atoms with E-state index in [0.717, 1.165) is 4.31 Å². The molecule has 112 valence electrons. The molecule has 0 saturated carbocycles. The lowest BCUT2D eigenvalue weighted by molar-refractivity contribution is 0.0691. The molecule has 8 heteroatoms. The summed E-state index contributed by atoms with van der Waals surface area (Å²) in [5, 5.41) is 9.22. The smallest absolute Gasteiger partial charge is 0.340 e. The number of furan rings is 1. The van der Waals surface area contributed by atoms with E-state index in [9.17, 15) is 18.3 Å². The highest BCUT2D eigenvalue weighted by atomic mass is 32.2. The molecule has 2 heterocycles. The molecule has 0 unspecified atom stereocenters. The van der Waals surface area contributed by atoms with Gasteiger partial charge in [0.05, 0.1) is 0 Å². The van der Waals surface area contributed by atoms with Gasteiger partial charge in [-0.2, -0.15) is 0 Å². The Hall–Kier alpha value is -2.35. The lowest BCUT2D eigenvalue weighted by atomic mass is 10.2. The van der Waals surface area contributed by atoms with Crippen molar-refractivity contribution >= 4 is 21.8 Å². The van der Waals surface area contributed by atoms with Crippen LogP contribution in [0, 0.1) is 13.8 Å². The molecule has 2 aromatic rings. The van der Waals surface area contributed by atoms with Crippen LogP contribution in [0.5, 0.6) is 0 Å². The fourth-order valence-electron chi connectivity index (χ4n) is 2.02. The number of nitrogens with zero attached hydrogens (tertiary/aromatic N) is 2. The minimum atomic E-state index is -4.08. The van der Waals surface area contributed by atoms with Gasteiger partial charge in [0.1, 0.15) is 27.8 Å². The zero-order valence-corrected chi connectivity index (χ0v) is 12.5. The second-order valence-corrected chi connectivity index (χ2v) is 6.29. The fourth-order valence-corrected chi connectivity index (χ4v) is 3.54. The molecule has 2 aromatic heterocycles. The maximum Gasteiger partial charge on any atom is 0.340 e. The van der Waals surface area contributed by atoms with E-state index >= 15 is 0 Å². The van der Waals surface area contributed by atoms with Gasteiger partial charge in [-0.05, 0) is 26.0 Å². The normalized spacial score (nSPS) is 11.4. The minimum absolute atomic E-state index is 0.0349. The predicted octanol–water partition coefficient (Wildman–Crippen LogP) is 1.81. The first-order chi connectivity index (χ1) is 9.76. The standard InChI is InChI=1S/C13H14N2O5S/c1-8-11(13(16)17)12(9(2)20-8)21(18,19)15(3)10-6-4-5-7-14-10/h4-7H,1-3H3,(H,16,17). The Morgan fingerprint density at radius 3 is 2.48 bits per heavy atom. The van der Waals surface area contributed by atoms with E-state index in [-0.39, 0.29) is 27.8 Å². The van der Waals surface area contributed by atoms with Crippen molar-refractivity contribution in [1.82, 2.24) is 4.98 Å². The van der Waals surface area contributed by atoms with Gasteiger partial charge in [0.15, 0.2) is 0 Å². The Labute approximate surface area is 121 Å². The minimum Gasteiger partial charge on any atom is -0.478 e. The summed E-state index contributed by atoms with van der Waals surface area (Å²) in [4.78, 5) is 14.9. The summed E-state index contributed by atoms with van der Waals surface area (Å²) in [7, 11) is -2.77. The van der Waals surface area contributed by atoms with Crippen LogP contribution in [0.4, 0.5) is 5.82 Å². The molecule has 0 aliphatic rings. The lowest BCUT2D eigenvalue weighted by Gasteiger charge is -2.18. The Bertz CT molecular complexity index is 780. The van der Waals surface area contributed by atoms with Crippen LogP contribution in [0.1, 0.15) is 21.9 Å². The van der Waals surface area contributed by atoms with Crippen molar-refractivity contribution in [1.29, 1.82) is 0 Å². The Morgan fingerprint density at radius 1 is 1.29 bits per heavy atom. The van der Waals surface area contributed by atoms with Gasteiger partial charge in [-0.1, -0.05) is 6.07 Å². The summed E-state index contributed by atoms with van der Waals surface area (Å²) in [6.07, 6.45) is 1.45. The van der Waals surface area contributed by atoms with Crippen molar-refractivity contribution in [3.8, 4) is 0 Å². The molecule has 0 aromatic carbocycles. The molecule has 0 radical (unpaired) electrons. The SMILES string of the molecule is Cc1oc(C)c(S(=O)(=O)N(C)c2ccccn2)c1C(=O)O. The highest BCUT2D eigenvalue weighted by Gasteiger charge is 2.34. The monoisotopic (exact) mass is 310 g/mol. The van der Waals surface area contributed by atoms with Crippen molar-refractivity contribution in [2.75, 3.05) is 11.4 Å². The molecule has 0 spiro atoms. The van der Waals surface area contributed by atoms with Crippen LogP contribution >= 0.6 is 0 Å². The first kappa shape index (κ1) is 15.0. The van der Waals surface area contributed by atoms with Crippen molar-refractivity contribution in [3.05, 3.63) is 41.5 Å². The molecule has 7 nitrogen and oxygen atoms in total. The maximum atomic E-state index is 12.7. The number of sulfonamides is 1. The molecule has 0 atom stereocenters. The molecule has 21 heavy (non-hydrogen) atoms. The maximum absolute atomic E-state index is 12.7. The van der Waals surface area contributed by atoms with Crippen molar-refractivity contribution in [3.63, 3.8) is 0 Å². The van der Waals surface area contributed by atoms with E-state index < -0.39 is 16.0 Å². The van der Waals surface area contributed by atoms with E-state index in [1.807, 2.05) is 0 Å². The van der Waals surface area contributed by atoms with Crippen molar-refractivity contribution in [2.24, 2.45) is 0 Å². The van der Waals surface area contributed by atoms with E-state index in [1.54, 1.807) is 12.1 Å². The summed E-state index contributed by atoms with van der Waals surface area (Å²) in [6, 6.07) is 4.81. The number of anilines is 1. The zero-order chi connectivity index (χ0) is 15.8. The van der Waals surface area contributed by atoms with Crippen LogP contribution in [-0.4, -0.2) is 31.5 Å². The number of carboxylic acid groups (broad SMARTS) is 1. The van der Waals surface area contributed by atoms with E-state index in [1.165, 1.54) is 33.2 Å². The summed E-state index contributed by atoms with van der Waals surface area (Å²) >= 11 is 0. The van der Waals surface area contributed by atoms with Crippen molar-refractivity contribution < 1.29 is 22.7 Å². The number of carboxylic acids is 1. The molecular weight excluding hydrogens is 296 g/mol. The first-order valence-corrected chi connectivity index (χ1v) is 7.44. The molecule has 0 fully saturated rings. The van der Waals surface area contributed by atoms with Crippen LogP contribution in [0.2, 0.25) is 0 Å². The highest BCUT2D eigenvalue weighted by Crippen LogP contribution is 2.30. The van der Waals surface area contributed by atoms with Crippen LogP contribution < -0.4 is 4.31 Å². The molecular formula is C13H14N2O5S. The predicted molar refractivity (Wildman–Crippen MR) is 75.0 cm³/mol. The quantitative estimate of drug-likeness (QED) is 0.924. The van der Waals surface area contributed by atoms with Crippen LogP contribution in [0.25, 0.3) is 0 Å². The van der Waals surface area contributed by atoms with Gasteiger partial charge >= 0.3 is 5.97 Å². The van der Waals surface area contributed by atoms with Gasteiger partial charge in [0.25, 0.3) is 10.0 Å². The number of pyridine rings is 1. The number of rotatable bonds is 4. The number of aromatic nitrogens is 1. The third-order valence-corrected chi connectivity index (χ3v) is 4.92. The molecule has 0 amide bonds. The molecule has 0 bridgehead atoms. The van der Waals surface area contributed by atoms with Gasteiger partial charge in [0, 0.05) is 13.2 Å². The number of hydrogen-bond acceptors (Lipinski definition) is 5. The molecule has 0 saturated heterocycles. The van der Waals surface area contributed by atoms with E-state index in [4.69, 9.17) is 4.42 Å². The summed E-state index contributed by atoms with van der Waals surface area (Å²) < 4.78 is 31.4. The van der Waals surface area contributed by atoms with Gasteiger partial charge in [-0.3, -0.25) is 4.31 Å². The fraction of sp³-hybridized carbons (Fsp3) is 0.231. The number of carbonyl (C=O) groups is 1. The first-order valence-electron chi connectivity index (χ1n) is 6.00. The number of aromatic carboxylic acids is 1. The Balaban J connectivity index is 2.63. The largest absolute Gasteiger partial charge is 0.478 e. The number of hydrogen-bond donors (Lipinski definition) is 1. The molecule has 1 N–H and O–H groups in total. The van der Waals surface area contributed by atoms with Gasteiger partial charge in [0.2, 0.25) is 0 Å². The summed E-state index contributed by atoms with van der Waals surface area (Å²) in [6.45, 7) is 2.83. The van der Waals surface area contributed by atoms with E-state index in [2.05, 4.69) is 4.98 Å². The lowest BCUT2D eigenvalue weighted by Crippen LogP contribution is -2.28.